The minimum Gasteiger partial charge on any atom is -0.386 e. The molecule has 0 aliphatic heterocycles. The molecule has 0 spiro atoms. The Kier molecular flexibility index (Phi) is 3.41. The largest absolute Gasteiger partial charge is 0.386 e. The highest BCUT2D eigenvalue weighted by atomic mass is 19.1. The molecule has 78 valence electrons. The second kappa shape index (κ2) is 4.37. The molecule has 0 amide bonds. The molecule has 0 saturated heterocycles. The second-order valence-electron chi connectivity index (χ2n) is 3.27. The zero-order valence-electron chi connectivity index (χ0n) is 8.17. The molecule has 1 atom stereocenters. The first kappa shape index (κ1) is 10.9. The van der Waals surface area contributed by atoms with E-state index in [1.165, 1.54) is 18.2 Å². The van der Waals surface area contributed by atoms with E-state index in [1.807, 2.05) is 0 Å². The van der Waals surface area contributed by atoms with Crippen molar-refractivity contribution in [1.82, 2.24) is 0 Å². The molecule has 1 aromatic carbocycles. The molecule has 4 heteroatoms. The van der Waals surface area contributed by atoms with E-state index >= 15 is 0 Å². The molecule has 0 fully saturated rings. The van der Waals surface area contributed by atoms with Crippen LogP contribution in [-0.4, -0.2) is 25.9 Å². The normalized spacial score (nSPS) is 12.6. The van der Waals surface area contributed by atoms with Crippen molar-refractivity contribution in [3.05, 3.63) is 29.6 Å². The molecule has 1 N–H and O–H groups in total. The zero-order chi connectivity index (χ0) is 10.7. The average molecular weight is 201 g/mol. The Morgan fingerprint density at radius 3 is 2.57 bits per heavy atom. The van der Waals surface area contributed by atoms with Gasteiger partial charge in [-0.25, -0.2) is 8.78 Å². The van der Waals surface area contributed by atoms with Gasteiger partial charge in [-0.05, 0) is 12.1 Å². The number of hydrogen-bond donors (Lipinski definition) is 1. The number of rotatable bonds is 3. The molecule has 1 rings (SSSR count). The number of aliphatic hydroxyl groups excluding tert-OH is 1. The van der Waals surface area contributed by atoms with Gasteiger partial charge in [0.05, 0.1) is 0 Å². The molecule has 0 aliphatic rings. The number of halogens is 2. The molecule has 0 saturated carbocycles. The molecule has 0 aromatic heterocycles. The first-order valence-electron chi connectivity index (χ1n) is 4.27. The maximum Gasteiger partial charge on any atom is 0.125 e. The van der Waals surface area contributed by atoms with Gasteiger partial charge >= 0.3 is 0 Å². The summed E-state index contributed by atoms with van der Waals surface area (Å²) < 4.78 is 25.1. The Labute approximate surface area is 81.8 Å². The lowest BCUT2D eigenvalue weighted by atomic mass is 10.1. The molecular weight excluding hydrogens is 188 g/mol. The zero-order valence-corrected chi connectivity index (χ0v) is 8.17. The molecule has 0 bridgehead atoms. The van der Waals surface area contributed by atoms with Crippen molar-refractivity contribution < 1.29 is 13.9 Å². The van der Waals surface area contributed by atoms with E-state index in [4.69, 9.17) is 0 Å². The van der Waals surface area contributed by atoms with Gasteiger partial charge < -0.3 is 10.0 Å². The minimum absolute atomic E-state index is 0.400. The van der Waals surface area contributed by atoms with Crippen LogP contribution in [0.2, 0.25) is 0 Å². The SMILES string of the molecule is CN(C)c1cc(F)ccc1C(O)CF. The fourth-order valence-electron chi connectivity index (χ4n) is 1.27. The summed E-state index contributed by atoms with van der Waals surface area (Å²) in [6.45, 7) is -0.869. The molecule has 0 radical (unpaired) electrons. The van der Waals surface area contributed by atoms with Crippen molar-refractivity contribution in [2.24, 2.45) is 0 Å². The van der Waals surface area contributed by atoms with Gasteiger partial charge in [0.1, 0.15) is 18.6 Å². The monoisotopic (exact) mass is 201 g/mol. The molecular formula is C10H13F2NO. The number of nitrogens with zero attached hydrogens (tertiary/aromatic N) is 1. The smallest absolute Gasteiger partial charge is 0.125 e. The van der Waals surface area contributed by atoms with Crippen LogP contribution in [0.3, 0.4) is 0 Å². The van der Waals surface area contributed by atoms with Crippen LogP contribution in [-0.2, 0) is 0 Å². The van der Waals surface area contributed by atoms with E-state index in [1.54, 1.807) is 19.0 Å². The van der Waals surface area contributed by atoms with Crippen LogP contribution in [0.4, 0.5) is 14.5 Å². The first-order valence-corrected chi connectivity index (χ1v) is 4.27. The van der Waals surface area contributed by atoms with Crippen LogP contribution in [0.5, 0.6) is 0 Å². The Balaban J connectivity index is 3.14. The average Bonchev–Trinajstić information content (AvgIpc) is 2.16. The molecule has 2 nitrogen and oxygen atoms in total. The van der Waals surface area contributed by atoms with Gasteiger partial charge in [-0.1, -0.05) is 6.07 Å². The van der Waals surface area contributed by atoms with Gasteiger partial charge in [0.2, 0.25) is 0 Å². The Hall–Kier alpha value is -1.16. The highest BCUT2D eigenvalue weighted by Crippen LogP contribution is 2.26. The van der Waals surface area contributed by atoms with Crippen LogP contribution in [0.25, 0.3) is 0 Å². The van der Waals surface area contributed by atoms with Crippen molar-refractivity contribution in [3.8, 4) is 0 Å². The van der Waals surface area contributed by atoms with Crippen molar-refractivity contribution in [2.75, 3.05) is 25.7 Å². The third kappa shape index (κ3) is 2.20. The fourth-order valence-corrected chi connectivity index (χ4v) is 1.27. The standard InChI is InChI=1S/C10H13F2NO/c1-13(2)9-5-7(12)3-4-8(9)10(14)6-11/h3-5,10,14H,6H2,1-2H3. The number of hydrogen-bond acceptors (Lipinski definition) is 2. The highest BCUT2D eigenvalue weighted by Gasteiger charge is 2.13. The number of aliphatic hydroxyl groups is 1. The maximum atomic E-state index is 12.9. The van der Waals surface area contributed by atoms with Gasteiger partial charge in [0.25, 0.3) is 0 Å². The quantitative estimate of drug-likeness (QED) is 0.807. The van der Waals surface area contributed by atoms with E-state index in [0.29, 0.717) is 11.3 Å². The summed E-state index contributed by atoms with van der Waals surface area (Å²) in [7, 11) is 3.42. The van der Waals surface area contributed by atoms with Crippen molar-refractivity contribution in [2.45, 2.75) is 6.10 Å². The lowest BCUT2D eigenvalue weighted by Crippen LogP contribution is -2.14. The first-order chi connectivity index (χ1) is 6.56. The Morgan fingerprint density at radius 1 is 1.43 bits per heavy atom. The predicted octanol–water partition coefficient (Wildman–Crippen LogP) is 1.89. The number of alkyl halides is 1. The van der Waals surface area contributed by atoms with Gasteiger partial charge in [-0.2, -0.15) is 0 Å². The van der Waals surface area contributed by atoms with Gasteiger partial charge in [0.15, 0.2) is 0 Å². The van der Waals surface area contributed by atoms with E-state index < -0.39 is 18.6 Å². The van der Waals surface area contributed by atoms with Crippen LogP contribution in [0, 0.1) is 5.82 Å². The van der Waals surface area contributed by atoms with E-state index in [-0.39, 0.29) is 0 Å². The maximum absolute atomic E-state index is 12.9. The van der Waals surface area contributed by atoms with E-state index in [9.17, 15) is 13.9 Å². The number of anilines is 1. The second-order valence-corrected chi connectivity index (χ2v) is 3.27. The van der Waals surface area contributed by atoms with Crippen LogP contribution < -0.4 is 4.90 Å². The van der Waals surface area contributed by atoms with Gasteiger partial charge in [-0.15, -0.1) is 0 Å². The highest BCUT2D eigenvalue weighted by molar-refractivity contribution is 5.53. The molecule has 0 heterocycles. The summed E-state index contributed by atoms with van der Waals surface area (Å²) in [5, 5.41) is 9.33. The lowest BCUT2D eigenvalue weighted by molar-refractivity contribution is 0.142. The molecule has 14 heavy (non-hydrogen) atoms. The molecule has 1 aromatic rings. The van der Waals surface area contributed by atoms with E-state index in [2.05, 4.69) is 0 Å². The van der Waals surface area contributed by atoms with Crippen LogP contribution >= 0.6 is 0 Å². The van der Waals surface area contributed by atoms with Crippen molar-refractivity contribution in [1.29, 1.82) is 0 Å². The topological polar surface area (TPSA) is 23.5 Å². The minimum atomic E-state index is -1.19. The summed E-state index contributed by atoms with van der Waals surface area (Å²) in [6.07, 6.45) is -1.19. The Bertz CT molecular complexity index is 315. The summed E-state index contributed by atoms with van der Waals surface area (Å²) in [5.41, 5.74) is 0.897. The van der Waals surface area contributed by atoms with Crippen molar-refractivity contribution in [3.63, 3.8) is 0 Å². The fraction of sp³-hybridized carbons (Fsp3) is 0.400. The predicted molar refractivity (Wildman–Crippen MR) is 51.7 cm³/mol. The Morgan fingerprint density at radius 2 is 2.07 bits per heavy atom. The molecule has 0 aliphatic carbocycles. The third-order valence-electron chi connectivity index (χ3n) is 1.98. The number of benzene rings is 1. The summed E-state index contributed by atoms with van der Waals surface area (Å²) in [5.74, 6) is -0.400. The lowest BCUT2D eigenvalue weighted by Gasteiger charge is -2.19. The van der Waals surface area contributed by atoms with Crippen LogP contribution in [0.1, 0.15) is 11.7 Å². The molecule has 1 unspecified atom stereocenters. The van der Waals surface area contributed by atoms with Crippen molar-refractivity contribution >= 4 is 5.69 Å². The van der Waals surface area contributed by atoms with Gasteiger partial charge in [0, 0.05) is 25.3 Å². The van der Waals surface area contributed by atoms with Crippen LogP contribution in [0.15, 0.2) is 18.2 Å². The summed E-state index contributed by atoms with van der Waals surface area (Å²) in [4.78, 5) is 1.64. The van der Waals surface area contributed by atoms with Gasteiger partial charge in [-0.3, -0.25) is 0 Å². The summed E-state index contributed by atoms with van der Waals surface area (Å²) >= 11 is 0. The summed E-state index contributed by atoms with van der Waals surface area (Å²) in [6, 6.07) is 3.88. The van der Waals surface area contributed by atoms with E-state index in [0.717, 1.165) is 0 Å². The third-order valence-corrected chi connectivity index (χ3v) is 1.98.